The van der Waals surface area contributed by atoms with Gasteiger partial charge in [-0.15, -0.1) is 10.2 Å². The van der Waals surface area contributed by atoms with Crippen LogP contribution in [0.3, 0.4) is 0 Å². The zero-order chi connectivity index (χ0) is 24.9. The number of hydrogen-bond acceptors (Lipinski definition) is 5. The van der Waals surface area contributed by atoms with Gasteiger partial charge >= 0.3 is 0 Å². The highest BCUT2D eigenvalue weighted by atomic mass is 16.2. The molecular formula is C27H36N6O3. The molecule has 0 spiro atoms. The van der Waals surface area contributed by atoms with E-state index in [1.165, 1.54) is 6.42 Å². The van der Waals surface area contributed by atoms with Gasteiger partial charge in [0.05, 0.1) is 6.54 Å². The Balaban J connectivity index is 1.11. The Morgan fingerprint density at radius 1 is 1.00 bits per heavy atom. The van der Waals surface area contributed by atoms with Gasteiger partial charge in [-0.3, -0.25) is 14.4 Å². The van der Waals surface area contributed by atoms with Crippen molar-refractivity contribution in [3.8, 4) is 0 Å². The SMILES string of the molecule is O=C(NCCc1nnc2n1CCN(C(=O)CN1C[C@@H](c3ccccc3)CC1=O)CC2)C1CCCCC1. The summed E-state index contributed by atoms with van der Waals surface area (Å²) in [6, 6.07) is 10.0. The van der Waals surface area contributed by atoms with Gasteiger partial charge in [0.2, 0.25) is 17.7 Å². The van der Waals surface area contributed by atoms with E-state index in [2.05, 4.69) is 20.1 Å². The van der Waals surface area contributed by atoms with E-state index < -0.39 is 0 Å². The molecule has 1 N–H and O–H groups in total. The number of hydrogen-bond donors (Lipinski definition) is 1. The number of rotatable bonds is 7. The molecule has 3 aliphatic rings. The van der Waals surface area contributed by atoms with Crippen molar-refractivity contribution < 1.29 is 14.4 Å². The summed E-state index contributed by atoms with van der Waals surface area (Å²) in [5.41, 5.74) is 1.15. The molecule has 1 saturated carbocycles. The van der Waals surface area contributed by atoms with Crippen molar-refractivity contribution in [1.82, 2.24) is 29.9 Å². The second-order valence-corrected chi connectivity index (χ2v) is 10.3. The Hall–Kier alpha value is -3.23. The predicted octanol–water partition coefficient (Wildman–Crippen LogP) is 1.92. The molecule has 3 heterocycles. The van der Waals surface area contributed by atoms with E-state index in [4.69, 9.17) is 0 Å². The minimum absolute atomic E-state index is 0.0166. The number of nitrogens with one attached hydrogen (secondary N) is 1. The van der Waals surface area contributed by atoms with Crippen LogP contribution >= 0.6 is 0 Å². The first-order valence-electron chi connectivity index (χ1n) is 13.4. The van der Waals surface area contributed by atoms with Crippen LogP contribution in [0.1, 0.15) is 61.7 Å². The maximum absolute atomic E-state index is 13.1. The Morgan fingerprint density at radius 2 is 1.81 bits per heavy atom. The summed E-state index contributed by atoms with van der Waals surface area (Å²) >= 11 is 0. The van der Waals surface area contributed by atoms with Crippen LogP contribution in [0.2, 0.25) is 0 Å². The van der Waals surface area contributed by atoms with Crippen molar-refractivity contribution in [3.05, 3.63) is 47.5 Å². The fraction of sp³-hybridized carbons (Fsp3) is 0.593. The number of benzene rings is 1. The highest BCUT2D eigenvalue weighted by molar-refractivity contribution is 5.86. The first-order chi connectivity index (χ1) is 17.6. The summed E-state index contributed by atoms with van der Waals surface area (Å²) in [7, 11) is 0. The van der Waals surface area contributed by atoms with Gasteiger partial charge in [-0.25, -0.2) is 0 Å². The van der Waals surface area contributed by atoms with Gasteiger partial charge < -0.3 is 19.7 Å². The summed E-state index contributed by atoms with van der Waals surface area (Å²) in [6.07, 6.45) is 7.22. The topological polar surface area (TPSA) is 100 Å². The zero-order valence-corrected chi connectivity index (χ0v) is 20.9. The zero-order valence-electron chi connectivity index (χ0n) is 20.9. The number of fused-ring (bicyclic) bond motifs is 1. The fourth-order valence-corrected chi connectivity index (χ4v) is 5.76. The molecule has 192 valence electrons. The molecule has 1 atom stereocenters. The van der Waals surface area contributed by atoms with E-state index in [0.717, 1.165) is 42.9 Å². The monoisotopic (exact) mass is 492 g/mol. The highest BCUT2D eigenvalue weighted by Crippen LogP contribution is 2.28. The van der Waals surface area contributed by atoms with E-state index >= 15 is 0 Å². The molecule has 9 heteroatoms. The first-order valence-corrected chi connectivity index (χ1v) is 13.4. The Labute approximate surface area is 212 Å². The van der Waals surface area contributed by atoms with Crippen LogP contribution in [-0.4, -0.2) is 75.0 Å². The van der Waals surface area contributed by atoms with E-state index in [1.807, 2.05) is 35.2 Å². The summed E-state index contributed by atoms with van der Waals surface area (Å²) in [5.74, 6) is 2.21. The van der Waals surface area contributed by atoms with E-state index in [0.29, 0.717) is 52.0 Å². The van der Waals surface area contributed by atoms with Gasteiger partial charge in [-0.1, -0.05) is 49.6 Å². The summed E-state index contributed by atoms with van der Waals surface area (Å²) < 4.78 is 2.09. The molecule has 2 fully saturated rings. The molecule has 0 radical (unpaired) electrons. The van der Waals surface area contributed by atoms with Crippen LogP contribution in [0.5, 0.6) is 0 Å². The van der Waals surface area contributed by atoms with Crippen LogP contribution in [0.15, 0.2) is 30.3 Å². The number of nitrogens with zero attached hydrogens (tertiary/aromatic N) is 5. The Kier molecular flexibility index (Phi) is 7.63. The van der Waals surface area contributed by atoms with E-state index in [9.17, 15) is 14.4 Å². The molecule has 3 amide bonds. The van der Waals surface area contributed by atoms with Crippen molar-refractivity contribution in [2.24, 2.45) is 5.92 Å². The number of likely N-dealkylation sites (tertiary alicyclic amines) is 1. The van der Waals surface area contributed by atoms with Gasteiger partial charge in [-0.2, -0.15) is 0 Å². The van der Waals surface area contributed by atoms with Crippen LogP contribution in [0, 0.1) is 5.92 Å². The van der Waals surface area contributed by atoms with Gasteiger partial charge in [-0.05, 0) is 18.4 Å². The summed E-state index contributed by atoms with van der Waals surface area (Å²) in [6.45, 7) is 3.03. The fourth-order valence-electron chi connectivity index (χ4n) is 5.76. The van der Waals surface area contributed by atoms with Gasteiger partial charge in [0.25, 0.3) is 0 Å². The molecule has 36 heavy (non-hydrogen) atoms. The Morgan fingerprint density at radius 3 is 2.61 bits per heavy atom. The maximum Gasteiger partial charge on any atom is 0.242 e. The predicted molar refractivity (Wildman–Crippen MR) is 134 cm³/mol. The lowest BCUT2D eigenvalue weighted by molar-refractivity contribution is -0.138. The smallest absolute Gasteiger partial charge is 0.242 e. The minimum Gasteiger partial charge on any atom is -0.355 e. The quantitative estimate of drug-likeness (QED) is 0.637. The van der Waals surface area contributed by atoms with Crippen molar-refractivity contribution in [1.29, 1.82) is 0 Å². The molecule has 1 saturated heterocycles. The molecule has 1 aromatic heterocycles. The third-order valence-corrected chi connectivity index (χ3v) is 7.89. The average molecular weight is 493 g/mol. The maximum atomic E-state index is 13.1. The van der Waals surface area contributed by atoms with Gasteiger partial charge in [0.1, 0.15) is 11.6 Å². The molecule has 2 aliphatic heterocycles. The van der Waals surface area contributed by atoms with E-state index in [-0.39, 0.29) is 36.1 Å². The standard InChI is InChI=1S/C27H36N6O3/c34-25-17-22(20-7-3-1-4-8-20)18-32(25)19-26(35)31-14-12-24-30-29-23(33(24)16-15-31)11-13-28-27(36)21-9-5-2-6-10-21/h1,3-4,7-8,21-22H,2,5-6,9-19H2,(H,28,36)/t22-/m0/s1. The van der Waals surface area contributed by atoms with Crippen LogP contribution < -0.4 is 5.32 Å². The number of aromatic nitrogens is 3. The number of carbonyl (C=O) groups excluding carboxylic acids is 3. The molecular weight excluding hydrogens is 456 g/mol. The normalized spacial score (nSPS) is 20.8. The molecule has 1 aromatic carbocycles. The Bertz CT molecular complexity index is 1080. The third kappa shape index (κ3) is 5.60. The highest BCUT2D eigenvalue weighted by Gasteiger charge is 2.33. The van der Waals surface area contributed by atoms with Crippen LogP contribution in [0.25, 0.3) is 0 Å². The average Bonchev–Trinajstić information content (AvgIpc) is 3.39. The van der Waals surface area contributed by atoms with Crippen LogP contribution in [-0.2, 0) is 33.8 Å². The van der Waals surface area contributed by atoms with Gasteiger partial charge in [0, 0.05) is 63.8 Å². The van der Waals surface area contributed by atoms with Crippen LogP contribution in [0.4, 0.5) is 0 Å². The molecule has 5 rings (SSSR count). The van der Waals surface area contributed by atoms with Crippen molar-refractivity contribution in [3.63, 3.8) is 0 Å². The third-order valence-electron chi connectivity index (χ3n) is 7.89. The first kappa shape index (κ1) is 24.5. The number of carbonyl (C=O) groups is 3. The molecule has 0 unspecified atom stereocenters. The van der Waals surface area contributed by atoms with Crippen molar-refractivity contribution in [2.75, 3.05) is 32.7 Å². The molecule has 9 nitrogen and oxygen atoms in total. The largest absolute Gasteiger partial charge is 0.355 e. The number of amides is 3. The second-order valence-electron chi connectivity index (χ2n) is 10.3. The molecule has 0 bridgehead atoms. The lowest BCUT2D eigenvalue weighted by atomic mass is 9.89. The lowest BCUT2D eigenvalue weighted by Crippen LogP contribution is -2.42. The van der Waals surface area contributed by atoms with E-state index in [1.54, 1.807) is 4.90 Å². The minimum atomic E-state index is -0.0166. The molecule has 2 aromatic rings. The molecule has 1 aliphatic carbocycles. The lowest BCUT2D eigenvalue weighted by Gasteiger charge is -2.24. The van der Waals surface area contributed by atoms with Crippen molar-refractivity contribution >= 4 is 17.7 Å². The second kappa shape index (κ2) is 11.2. The van der Waals surface area contributed by atoms with Crippen molar-refractivity contribution in [2.45, 2.75) is 63.8 Å². The summed E-state index contributed by atoms with van der Waals surface area (Å²) in [5, 5.41) is 11.8. The van der Waals surface area contributed by atoms with Gasteiger partial charge in [0.15, 0.2) is 0 Å². The summed E-state index contributed by atoms with van der Waals surface area (Å²) in [4.78, 5) is 41.6.